The highest BCUT2D eigenvalue weighted by atomic mass is 32.2. The van der Waals surface area contributed by atoms with Crippen molar-refractivity contribution in [1.29, 1.82) is 0 Å². The molecule has 0 radical (unpaired) electrons. The molecule has 0 fully saturated rings. The van der Waals surface area contributed by atoms with E-state index in [9.17, 15) is 17.9 Å². The predicted molar refractivity (Wildman–Crippen MR) is 80.3 cm³/mol. The number of phenols is 1. The van der Waals surface area contributed by atoms with Gasteiger partial charge in [-0.05, 0) is 24.3 Å². The van der Waals surface area contributed by atoms with E-state index < -0.39 is 21.6 Å². The molecule has 0 saturated heterocycles. The van der Waals surface area contributed by atoms with Gasteiger partial charge in [-0.2, -0.15) is 0 Å². The summed E-state index contributed by atoms with van der Waals surface area (Å²) in [5.41, 5.74) is 1.48. The van der Waals surface area contributed by atoms with Crippen LogP contribution in [0.2, 0.25) is 0 Å². The Kier molecular flexibility index (Phi) is 4.32. The first-order valence-electron chi connectivity index (χ1n) is 6.13. The number of para-hydroxylation sites is 1. The maximum atomic E-state index is 13.2. The minimum absolute atomic E-state index is 0.214. The summed E-state index contributed by atoms with van der Waals surface area (Å²) in [7, 11) is -3.34. The van der Waals surface area contributed by atoms with Crippen LogP contribution in [-0.2, 0) is 16.6 Å². The van der Waals surface area contributed by atoms with Crippen LogP contribution < -0.4 is 10.0 Å². The molecule has 0 saturated carbocycles. The Balaban J connectivity index is 2.10. The molecule has 0 aliphatic heterocycles. The van der Waals surface area contributed by atoms with Gasteiger partial charge in [0, 0.05) is 17.8 Å². The van der Waals surface area contributed by atoms with Crippen molar-refractivity contribution in [3.05, 3.63) is 53.8 Å². The van der Waals surface area contributed by atoms with E-state index in [1.807, 2.05) is 0 Å². The Hall–Kier alpha value is -2.28. The van der Waals surface area contributed by atoms with Crippen molar-refractivity contribution in [3.8, 4) is 5.75 Å². The quantitative estimate of drug-likeness (QED) is 0.793. The molecule has 0 atom stereocenters. The number of nitrogens with one attached hydrogen (secondary N) is 2. The lowest BCUT2D eigenvalue weighted by atomic mass is 10.2. The fourth-order valence-corrected chi connectivity index (χ4v) is 2.36. The summed E-state index contributed by atoms with van der Waals surface area (Å²) in [5, 5.41) is 12.6. The smallest absolute Gasteiger partial charge is 0.229 e. The van der Waals surface area contributed by atoms with Crippen molar-refractivity contribution in [3.63, 3.8) is 0 Å². The topological polar surface area (TPSA) is 78.4 Å². The van der Waals surface area contributed by atoms with Crippen LogP contribution in [0.3, 0.4) is 0 Å². The molecule has 112 valence electrons. The van der Waals surface area contributed by atoms with E-state index in [0.29, 0.717) is 16.9 Å². The van der Waals surface area contributed by atoms with Gasteiger partial charge in [0.15, 0.2) is 11.6 Å². The van der Waals surface area contributed by atoms with Crippen molar-refractivity contribution < 1.29 is 17.9 Å². The van der Waals surface area contributed by atoms with Crippen LogP contribution in [-0.4, -0.2) is 19.8 Å². The zero-order valence-corrected chi connectivity index (χ0v) is 12.1. The number of halogens is 1. The van der Waals surface area contributed by atoms with Gasteiger partial charge in [0.1, 0.15) is 0 Å². The number of hydrogen-bond donors (Lipinski definition) is 3. The fourth-order valence-electron chi connectivity index (χ4n) is 1.81. The minimum atomic E-state index is -3.34. The summed E-state index contributed by atoms with van der Waals surface area (Å²) in [4.78, 5) is 0. The third kappa shape index (κ3) is 4.35. The lowest BCUT2D eigenvalue weighted by Crippen LogP contribution is -2.09. The van der Waals surface area contributed by atoms with Crippen LogP contribution in [0, 0.1) is 5.82 Å². The standard InChI is InChI=1S/C14H15FN2O3S/c1-21(19,20)17-12-6-3-5-11(8-12)16-9-10-4-2-7-13(15)14(10)18/h2-8,16-18H,9H2,1H3. The molecule has 7 heteroatoms. The fraction of sp³-hybridized carbons (Fsp3) is 0.143. The summed E-state index contributed by atoms with van der Waals surface area (Å²) < 4.78 is 37.9. The molecule has 0 aliphatic carbocycles. The number of benzene rings is 2. The van der Waals surface area contributed by atoms with Gasteiger partial charge in [-0.15, -0.1) is 0 Å². The van der Waals surface area contributed by atoms with Gasteiger partial charge in [-0.25, -0.2) is 12.8 Å². The van der Waals surface area contributed by atoms with Crippen molar-refractivity contribution in [2.24, 2.45) is 0 Å². The van der Waals surface area contributed by atoms with Crippen LogP contribution in [0.4, 0.5) is 15.8 Å². The van der Waals surface area contributed by atoms with E-state index in [1.165, 1.54) is 12.1 Å². The lowest BCUT2D eigenvalue weighted by Gasteiger charge is -2.10. The SMILES string of the molecule is CS(=O)(=O)Nc1cccc(NCc2cccc(F)c2O)c1. The average molecular weight is 310 g/mol. The minimum Gasteiger partial charge on any atom is -0.505 e. The summed E-state index contributed by atoms with van der Waals surface area (Å²) in [5.74, 6) is -1.07. The Morgan fingerprint density at radius 3 is 2.52 bits per heavy atom. The number of aromatic hydroxyl groups is 1. The van der Waals surface area contributed by atoms with Crippen molar-refractivity contribution >= 4 is 21.4 Å². The molecule has 0 spiro atoms. The number of phenolic OH excluding ortho intramolecular Hbond substituents is 1. The van der Waals surface area contributed by atoms with Crippen LogP contribution in [0.25, 0.3) is 0 Å². The lowest BCUT2D eigenvalue weighted by molar-refractivity contribution is 0.427. The molecule has 0 unspecified atom stereocenters. The second kappa shape index (κ2) is 6.01. The number of rotatable bonds is 5. The van der Waals surface area contributed by atoms with E-state index in [-0.39, 0.29) is 6.54 Å². The molecular formula is C14H15FN2O3S. The Morgan fingerprint density at radius 1 is 1.14 bits per heavy atom. The van der Waals surface area contributed by atoms with Crippen molar-refractivity contribution in [1.82, 2.24) is 0 Å². The van der Waals surface area contributed by atoms with Gasteiger partial charge >= 0.3 is 0 Å². The van der Waals surface area contributed by atoms with Gasteiger partial charge in [-0.3, -0.25) is 4.72 Å². The second-order valence-electron chi connectivity index (χ2n) is 4.56. The Morgan fingerprint density at radius 2 is 1.81 bits per heavy atom. The molecule has 3 N–H and O–H groups in total. The maximum Gasteiger partial charge on any atom is 0.229 e. The van der Waals surface area contributed by atoms with E-state index in [0.717, 1.165) is 6.26 Å². The van der Waals surface area contributed by atoms with Crippen LogP contribution >= 0.6 is 0 Å². The van der Waals surface area contributed by atoms with Gasteiger partial charge in [0.25, 0.3) is 0 Å². The number of sulfonamides is 1. The first-order valence-corrected chi connectivity index (χ1v) is 8.02. The highest BCUT2D eigenvalue weighted by Gasteiger charge is 2.06. The molecule has 0 bridgehead atoms. The first-order chi connectivity index (χ1) is 9.85. The summed E-state index contributed by atoms with van der Waals surface area (Å²) >= 11 is 0. The third-order valence-electron chi connectivity index (χ3n) is 2.72. The molecule has 2 aromatic rings. The molecule has 5 nitrogen and oxygen atoms in total. The Bertz CT molecular complexity index is 748. The zero-order valence-electron chi connectivity index (χ0n) is 11.3. The largest absolute Gasteiger partial charge is 0.505 e. The summed E-state index contributed by atoms with van der Waals surface area (Å²) in [6.45, 7) is 0.214. The molecule has 0 aromatic heterocycles. The Labute approximate surface area is 122 Å². The molecule has 0 heterocycles. The van der Waals surface area contributed by atoms with Crippen LogP contribution in [0.1, 0.15) is 5.56 Å². The highest BCUT2D eigenvalue weighted by Crippen LogP contribution is 2.22. The van der Waals surface area contributed by atoms with Crippen molar-refractivity contribution in [2.45, 2.75) is 6.54 Å². The normalized spacial score (nSPS) is 11.1. The molecule has 0 amide bonds. The highest BCUT2D eigenvalue weighted by molar-refractivity contribution is 7.92. The second-order valence-corrected chi connectivity index (χ2v) is 6.30. The predicted octanol–water partition coefficient (Wildman–Crippen LogP) is 2.51. The van der Waals surface area contributed by atoms with Gasteiger partial charge in [-0.1, -0.05) is 18.2 Å². The molecule has 0 aliphatic rings. The van der Waals surface area contributed by atoms with Crippen LogP contribution in [0.5, 0.6) is 5.75 Å². The summed E-state index contributed by atoms with van der Waals surface area (Å²) in [6, 6.07) is 10.9. The molecule has 2 rings (SSSR count). The monoisotopic (exact) mass is 310 g/mol. The van der Waals surface area contributed by atoms with Crippen molar-refractivity contribution in [2.75, 3.05) is 16.3 Å². The average Bonchev–Trinajstić information content (AvgIpc) is 2.39. The molecular weight excluding hydrogens is 295 g/mol. The number of anilines is 2. The van der Waals surface area contributed by atoms with E-state index in [2.05, 4.69) is 10.0 Å². The van der Waals surface area contributed by atoms with Gasteiger partial charge < -0.3 is 10.4 Å². The van der Waals surface area contributed by atoms with Gasteiger partial charge in [0.2, 0.25) is 10.0 Å². The van der Waals surface area contributed by atoms with Gasteiger partial charge in [0.05, 0.1) is 11.9 Å². The zero-order chi connectivity index (χ0) is 15.5. The number of hydrogen-bond acceptors (Lipinski definition) is 4. The summed E-state index contributed by atoms with van der Waals surface area (Å²) in [6.07, 6.45) is 1.07. The van der Waals surface area contributed by atoms with E-state index >= 15 is 0 Å². The van der Waals surface area contributed by atoms with E-state index in [1.54, 1.807) is 30.3 Å². The first kappa shape index (κ1) is 15.1. The van der Waals surface area contributed by atoms with Crippen LogP contribution in [0.15, 0.2) is 42.5 Å². The molecule has 2 aromatic carbocycles. The molecule has 21 heavy (non-hydrogen) atoms. The maximum absolute atomic E-state index is 13.2. The third-order valence-corrected chi connectivity index (χ3v) is 3.33. The van der Waals surface area contributed by atoms with E-state index in [4.69, 9.17) is 0 Å².